The number of carbonyl (C=O) groups excluding carboxylic acids is 1. The molecule has 1 unspecified atom stereocenters. The monoisotopic (exact) mass is 229 g/mol. The molecule has 0 aromatic heterocycles. The van der Waals surface area contributed by atoms with Crippen LogP contribution in [-0.4, -0.2) is 35.2 Å². The van der Waals surface area contributed by atoms with Crippen LogP contribution in [0.1, 0.15) is 27.2 Å². The van der Waals surface area contributed by atoms with Crippen molar-refractivity contribution in [3.05, 3.63) is 12.7 Å². The van der Waals surface area contributed by atoms with E-state index in [1.54, 1.807) is 0 Å². The Kier molecular flexibility index (Phi) is 5.74. The molecule has 0 aliphatic rings. The van der Waals surface area contributed by atoms with Crippen LogP contribution in [0.5, 0.6) is 0 Å². The van der Waals surface area contributed by atoms with Gasteiger partial charge < -0.3 is 15.2 Å². The highest BCUT2D eigenvalue weighted by Crippen LogP contribution is 2.05. The Bertz CT molecular complexity index is 268. The van der Waals surface area contributed by atoms with Crippen LogP contribution < -0.4 is 5.32 Å². The number of nitrogens with one attached hydrogen (secondary N) is 1. The molecule has 5 nitrogen and oxygen atoms in total. The predicted octanol–water partition coefficient (Wildman–Crippen LogP) is 0.947. The molecule has 0 aliphatic heterocycles. The quantitative estimate of drug-likeness (QED) is 0.665. The lowest BCUT2D eigenvalue weighted by atomic mass is 10.2. The summed E-state index contributed by atoms with van der Waals surface area (Å²) >= 11 is 0. The summed E-state index contributed by atoms with van der Waals surface area (Å²) in [7, 11) is 0. The van der Waals surface area contributed by atoms with Gasteiger partial charge >= 0.3 is 5.97 Å². The van der Waals surface area contributed by atoms with Crippen molar-refractivity contribution in [2.24, 2.45) is 0 Å². The predicted molar refractivity (Wildman–Crippen MR) is 60.1 cm³/mol. The molecule has 5 heteroatoms. The maximum absolute atomic E-state index is 11.3. The second-order valence-corrected chi connectivity index (χ2v) is 4.38. The average molecular weight is 229 g/mol. The number of hydrogen-bond acceptors (Lipinski definition) is 3. The standard InChI is InChI=1S/C11H19NO4/c1-5-6-8(10(14)15)12-9(13)7-16-11(2,3)4/h5,8H,1,6-7H2,2-4H3,(H,12,13)(H,14,15). The van der Waals surface area contributed by atoms with Crippen molar-refractivity contribution < 1.29 is 19.4 Å². The Morgan fingerprint density at radius 2 is 2.06 bits per heavy atom. The van der Waals surface area contributed by atoms with Crippen LogP contribution in [0.3, 0.4) is 0 Å². The van der Waals surface area contributed by atoms with Gasteiger partial charge in [0.25, 0.3) is 0 Å². The summed E-state index contributed by atoms with van der Waals surface area (Å²) in [5.74, 6) is -1.52. The molecule has 1 atom stereocenters. The lowest BCUT2D eigenvalue weighted by molar-refractivity contribution is -0.143. The molecule has 16 heavy (non-hydrogen) atoms. The third-order valence-corrected chi connectivity index (χ3v) is 1.67. The van der Waals surface area contributed by atoms with Crippen molar-refractivity contribution in [2.45, 2.75) is 38.8 Å². The molecule has 0 rings (SSSR count). The number of amides is 1. The van der Waals surface area contributed by atoms with E-state index < -0.39 is 23.5 Å². The Morgan fingerprint density at radius 3 is 2.44 bits per heavy atom. The van der Waals surface area contributed by atoms with Gasteiger partial charge in [0.15, 0.2) is 0 Å². The fourth-order valence-electron chi connectivity index (χ4n) is 0.906. The molecule has 0 aromatic rings. The zero-order valence-electron chi connectivity index (χ0n) is 9.95. The molecular weight excluding hydrogens is 210 g/mol. The van der Waals surface area contributed by atoms with Gasteiger partial charge in [-0.15, -0.1) is 6.58 Å². The Balaban J connectivity index is 4.10. The van der Waals surface area contributed by atoms with Crippen molar-refractivity contribution in [1.82, 2.24) is 5.32 Å². The molecular formula is C11H19NO4. The van der Waals surface area contributed by atoms with Crippen molar-refractivity contribution in [2.75, 3.05) is 6.61 Å². The van der Waals surface area contributed by atoms with Gasteiger partial charge in [0.2, 0.25) is 5.91 Å². The lowest BCUT2D eigenvalue weighted by Gasteiger charge is -2.20. The minimum Gasteiger partial charge on any atom is -0.480 e. The molecule has 92 valence electrons. The van der Waals surface area contributed by atoms with E-state index >= 15 is 0 Å². The third-order valence-electron chi connectivity index (χ3n) is 1.67. The highest BCUT2D eigenvalue weighted by molar-refractivity contribution is 5.84. The Hall–Kier alpha value is -1.36. The average Bonchev–Trinajstić information content (AvgIpc) is 2.13. The van der Waals surface area contributed by atoms with Crippen LogP contribution in [0, 0.1) is 0 Å². The highest BCUT2D eigenvalue weighted by atomic mass is 16.5. The van der Waals surface area contributed by atoms with Crippen molar-refractivity contribution in [1.29, 1.82) is 0 Å². The number of carbonyl (C=O) groups is 2. The smallest absolute Gasteiger partial charge is 0.326 e. The summed E-state index contributed by atoms with van der Waals surface area (Å²) in [5, 5.41) is 11.1. The summed E-state index contributed by atoms with van der Waals surface area (Å²) in [4.78, 5) is 22.1. The van der Waals surface area contributed by atoms with Crippen LogP contribution in [-0.2, 0) is 14.3 Å². The largest absolute Gasteiger partial charge is 0.480 e. The van der Waals surface area contributed by atoms with Gasteiger partial charge in [0, 0.05) is 0 Å². The first-order valence-corrected chi connectivity index (χ1v) is 5.03. The van der Waals surface area contributed by atoms with E-state index in [2.05, 4.69) is 11.9 Å². The molecule has 1 amide bonds. The number of ether oxygens (including phenoxy) is 1. The van der Waals surface area contributed by atoms with Crippen molar-refractivity contribution >= 4 is 11.9 Å². The van der Waals surface area contributed by atoms with Gasteiger partial charge in [-0.25, -0.2) is 4.79 Å². The SMILES string of the molecule is C=CCC(NC(=O)COC(C)(C)C)C(=O)O. The van der Waals surface area contributed by atoms with Crippen LogP contribution in [0.25, 0.3) is 0 Å². The first kappa shape index (κ1) is 14.6. The van der Waals surface area contributed by atoms with Crippen LogP contribution in [0.4, 0.5) is 0 Å². The van der Waals surface area contributed by atoms with Gasteiger partial charge in [-0.2, -0.15) is 0 Å². The maximum atomic E-state index is 11.3. The van der Waals surface area contributed by atoms with Crippen LogP contribution in [0.15, 0.2) is 12.7 Å². The second kappa shape index (κ2) is 6.27. The van der Waals surface area contributed by atoms with Gasteiger partial charge in [-0.05, 0) is 27.2 Å². The summed E-state index contributed by atoms with van der Waals surface area (Å²) in [6.45, 7) is 8.74. The molecule has 0 aliphatic carbocycles. The van der Waals surface area contributed by atoms with Gasteiger partial charge in [0.05, 0.1) is 5.60 Å². The van der Waals surface area contributed by atoms with Crippen molar-refractivity contribution in [3.63, 3.8) is 0 Å². The zero-order valence-corrected chi connectivity index (χ0v) is 9.95. The molecule has 0 saturated heterocycles. The number of carboxylic acids is 1. The van der Waals surface area contributed by atoms with E-state index in [9.17, 15) is 9.59 Å². The third kappa shape index (κ3) is 7.00. The summed E-state index contributed by atoms with van der Waals surface area (Å²) < 4.78 is 5.22. The first-order valence-electron chi connectivity index (χ1n) is 5.03. The van der Waals surface area contributed by atoms with Gasteiger partial charge in [0.1, 0.15) is 12.6 Å². The van der Waals surface area contributed by atoms with E-state index in [1.165, 1.54) is 6.08 Å². The molecule has 0 bridgehead atoms. The topological polar surface area (TPSA) is 75.6 Å². The van der Waals surface area contributed by atoms with Crippen LogP contribution >= 0.6 is 0 Å². The Labute approximate surface area is 95.5 Å². The molecule has 0 fully saturated rings. The first-order chi connectivity index (χ1) is 7.26. The molecule has 0 saturated carbocycles. The fourth-order valence-corrected chi connectivity index (χ4v) is 0.906. The minimum atomic E-state index is -1.08. The molecule has 0 heterocycles. The van der Waals surface area contributed by atoms with Gasteiger partial charge in [-0.3, -0.25) is 4.79 Å². The van der Waals surface area contributed by atoms with E-state index in [4.69, 9.17) is 9.84 Å². The Morgan fingerprint density at radius 1 is 1.50 bits per heavy atom. The molecule has 0 spiro atoms. The van der Waals surface area contributed by atoms with Crippen LogP contribution in [0.2, 0.25) is 0 Å². The summed E-state index contributed by atoms with van der Waals surface area (Å²) in [5.41, 5.74) is -0.422. The second-order valence-electron chi connectivity index (χ2n) is 4.38. The van der Waals surface area contributed by atoms with Crippen molar-refractivity contribution in [3.8, 4) is 0 Å². The lowest BCUT2D eigenvalue weighted by Crippen LogP contribution is -2.43. The normalized spacial score (nSPS) is 12.9. The molecule has 2 N–H and O–H groups in total. The number of carboxylic acid groups (broad SMARTS) is 1. The summed E-state index contributed by atoms with van der Waals surface area (Å²) in [6.07, 6.45) is 1.64. The number of hydrogen-bond donors (Lipinski definition) is 2. The number of rotatable bonds is 6. The van der Waals surface area contributed by atoms with E-state index in [0.717, 1.165) is 0 Å². The minimum absolute atomic E-state index is 0.148. The maximum Gasteiger partial charge on any atom is 0.326 e. The van der Waals surface area contributed by atoms with E-state index in [0.29, 0.717) is 0 Å². The zero-order chi connectivity index (χ0) is 12.8. The molecule has 0 radical (unpaired) electrons. The van der Waals surface area contributed by atoms with E-state index in [-0.39, 0.29) is 13.0 Å². The van der Waals surface area contributed by atoms with Gasteiger partial charge in [-0.1, -0.05) is 6.08 Å². The fraction of sp³-hybridized carbons (Fsp3) is 0.636. The number of aliphatic carboxylic acids is 1. The highest BCUT2D eigenvalue weighted by Gasteiger charge is 2.19. The van der Waals surface area contributed by atoms with E-state index in [1.807, 2.05) is 20.8 Å². The summed E-state index contributed by atoms with van der Waals surface area (Å²) in [6, 6.07) is -0.937. The molecule has 0 aromatic carbocycles.